The molecule has 3 aromatic heterocycles. The summed E-state index contributed by atoms with van der Waals surface area (Å²) in [6.45, 7) is 5.13. The van der Waals surface area contributed by atoms with E-state index in [-0.39, 0.29) is 36.3 Å². The summed E-state index contributed by atoms with van der Waals surface area (Å²) in [5.74, 6) is 1.05. The molecular formula is C22H26Cl2N6O2S. The number of hydrogen-bond acceptors (Lipinski definition) is 7. The van der Waals surface area contributed by atoms with E-state index in [2.05, 4.69) is 22.2 Å². The van der Waals surface area contributed by atoms with Crippen molar-refractivity contribution in [3.63, 3.8) is 0 Å². The summed E-state index contributed by atoms with van der Waals surface area (Å²) in [6, 6.07) is 8.09. The number of carbonyl (C=O) groups excluding carboxylic acids is 1. The molecule has 1 fully saturated rings. The van der Waals surface area contributed by atoms with Gasteiger partial charge in [-0.2, -0.15) is 5.10 Å². The number of nitrogen functional groups attached to an aromatic ring is 1. The van der Waals surface area contributed by atoms with Crippen LogP contribution in [-0.4, -0.2) is 51.1 Å². The Kier molecular flexibility index (Phi) is 6.82. The van der Waals surface area contributed by atoms with Gasteiger partial charge in [-0.15, -0.1) is 36.2 Å². The van der Waals surface area contributed by atoms with Crippen molar-refractivity contribution in [2.75, 3.05) is 25.9 Å². The van der Waals surface area contributed by atoms with Crippen LogP contribution in [0.4, 0.5) is 5.82 Å². The van der Waals surface area contributed by atoms with Crippen molar-refractivity contribution in [3.8, 4) is 16.2 Å². The van der Waals surface area contributed by atoms with Gasteiger partial charge in [0.1, 0.15) is 23.3 Å². The van der Waals surface area contributed by atoms with Crippen molar-refractivity contribution >= 4 is 63.5 Å². The van der Waals surface area contributed by atoms with Crippen molar-refractivity contribution in [3.05, 3.63) is 41.9 Å². The number of aryl methyl sites for hydroxylation is 1. The third-order valence-electron chi connectivity index (χ3n) is 5.81. The first-order chi connectivity index (χ1) is 14.8. The first-order valence-corrected chi connectivity index (χ1v) is 10.9. The fraction of sp³-hybridized carbons (Fsp3) is 0.318. The number of anilines is 1. The fourth-order valence-electron chi connectivity index (χ4n) is 4.28. The summed E-state index contributed by atoms with van der Waals surface area (Å²) < 4.78 is 8.22. The summed E-state index contributed by atoms with van der Waals surface area (Å²) in [4.78, 5) is 20.3. The molecule has 1 saturated heterocycles. The molecule has 33 heavy (non-hydrogen) atoms. The molecule has 0 radical (unpaired) electrons. The van der Waals surface area contributed by atoms with Crippen molar-refractivity contribution in [1.29, 1.82) is 0 Å². The van der Waals surface area contributed by atoms with Gasteiger partial charge in [-0.1, -0.05) is 6.07 Å². The molecule has 1 aromatic carbocycles. The van der Waals surface area contributed by atoms with E-state index in [9.17, 15) is 4.79 Å². The summed E-state index contributed by atoms with van der Waals surface area (Å²) >= 11 is 1.60. The first-order valence-electron chi connectivity index (χ1n) is 10.1. The number of hydrogen-bond donors (Lipinski definition) is 2. The maximum absolute atomic E-state index is 13.4. The van der Waals surface area contributed by atoms with E-state index in [4.69, 9.17) is 16.2 Å². The van der Waals surface area contributed by atoms with Gasteiger partial charge in [-0.25, -0.2) is 9.50 Å². The SMILES string of the molecule is COc1cc(C)cc2cc(-c3cc(C(=O)N4CC[C@](C)(N)C4)n4ncnc(N)c34)sc12.Cl.Cl. The maximum Gasteiger partial charge on any atom is 0.272 e. The van der Waals surface area contributed by atoms with Crippen LogP contribution in [0.25, 0.3) is 26.0 Å². The number of benzene rings is 1. The summed E-state index contributed by atoms with van der Waals surface area (Å²) in [5, 5.41) is 5.43. The summed E-state index contributed by atoms with van der Waals surface area (Å²) in [6.07, 6.45) is 2.14. The second kappa shape index (κ2) is 8.98. The van der Waals surface area contributed by atoms with Gasteiger partial charge in [0.15, 0.2) is 5.82 Å². The van der Waals surface area contributed by atoms with E-state index >= 15 is 0 Å². The van der Waals surface area contributed by atoms with Gasteiger partial charge in [0.2, 0.25) is 0 Å². The number of likely N-dealkylation sites (tertiary alicyclic amines) is 1. The monoisotopic (exact) mass is 508 g/mol. The Labute approximate surface area is 207 Å². The Morgan fingerprint density at radius 1 is 1.24 bits per heavy atom. The van der Waals surface area contributed by atoms with Gasteiger partial charge < -0.3 is 21.1 Å². The number of nitrogens with two attached hydrogens (primary N) is 2. The van der Waals surface area contributed by atoms with Crippen LogP contribution in [0.2, 0.25) is 0 Å². The quantitative estimate of drug-likeness (QED) is 0.433. The normalized spacial score (nSPS) is 17.8. The highest BCUT2D eigenvalue weighted by atomic mass is 35.5. The predicted octanol–water partition coefficient (Wildman–Crippen LogP) is 3.92. The number of fused-ring (bicyclic) bond motifs is 2. The van der Waals surface area contributed by atoms with Gasteiger partial charge in [-0.3, -0.25) is 4.79 Å². The van der Waals surface area contributed by atoms with Gasteiger partial charge >= 0.3 is 0 Å². The predicted molar refractivity (Wildman–Crippen MR) is 137 cm³/mol. The third kappa shape index (κ3) is 4.21. The summed E-state index contributed by atoms with van der Waals surface area (Å²) in [5.41, 5.74) is 15.1. The van der Waals surface area contributed by atoms with E-state index < -0.39 is 0 Å². The van der Waals surface area contributed by atoms with Gasteiger partial charge in [0.25, 0.3) is 5.91 Å². The molecule has 4 N–H and O–H groups in total. The fourth-order valence-corrected chi connectivity index (χ4v) is 5.43. The van der Waals surface area contributed by atoms with E-state index in [1.54, 1.807) is 27.9 Å². The van der Waals surface area contributed by atoms with Crippen LogP contribution in [0, 0.1) is 6.92 Å². The van der Waals surface area contributed by atoms with Crippen LogP contribution in [0.15, 0.2) is 30.6 Å². The van der Waals surface area contributed by atoms with Crippen LogP contribution in [0.1, 0.15) is 29.4 Å². The molecule has 5 rings (SSSR count). The van der Waals surface area contributed by atoms with E-state index in [0.717, 1.165) is 38.3 Å². The Balaban J connectivity index is 0.00000153. The molecule has 8 nitrogen and oxygen atoms in total. The zero-order valence-corrected chi connectivity index (χ0v) is 20.9. The highest BCUT2D eigenvalue weighted by Gasteiger charge is 2.34. The van der Waals surface area contributed by atoms with Crippen LogP contribution in [0.3, 0.4) is 0 Å². The van der Waals surface area contributed by atoms with Gasteiger partial charge in [-0.05, 0) is 49.4 Å². The third-order valence-corrected chi connectivity index (χ3v) is 7.00. The molecule has 4 aromatic rings. The number of rotatable bonds is 3. The van der Waals surface area contributed by atoms with Crippen LogP contribution in [0.5, 0.6) is 5.75 Å². The van der Waals surface area contributed by atoms with Crippen LogP contribution < -0.4 is 16.2 Å². The number of halogens is 2. The topological polar surface area (TPSA) is 112 Å². The molecule has 1 aliphatic heterocycles. The number of thiophene rings is 1. The lowest BCUT2D eigenvalue weighted by Crippen LogP contribution is -2.41. The minimum absolute atomic E-state index is 0. The lowest BCUT2D eigenvalue weighted by atomic mass is 10.0. The lowest BCUT2D eigenvalue weighted by molar-refractivity contribution is 0.0777. The highest BCUT2D eigenvalue weighted by molar-refractivity contribution is 7.22. The van der Waals surface area contributed by atoms with E-state index in [0.29, 0.717) is 30.1 Å². The van der Waals surface area contributed by atoms with Gasteiger partial charge in [0, 0.05) is 29.1 Å². The smallest absolute Gasteiger partial charge is 0.272 e. The number of methoxy groups -OCH3 is 1. The zero-order chi connectivity index (χ0) is 21.9. The highest BCUT2D eigenvalue weighted by Crippen LogP contribution is 2.42. The molecular weight excluding hydrogens is 483 g/mol. The molecule has 0 bridgehead atoms. The largest absolute Gasteiger partial charge is 0.495 e. The zero-order valence-electron chi connectivity index (χ0n) is 18.5. The number of nitrogens with zero attached hydrogens (tertiary/aromatic N) is 4. The van der Waals surface area contributed by atoms with Crippen molar-refractivity contribution in [1.82, 2.24) is 19.5 Å². The number of amides is 1. The van der Waals surface area contributed by atoms with E-state index in [1.165, 1.54) is 6.33 Å². The van der Waals surface area contributed by atoms with Crippen molar-refractivity contribution < 1.29 is 9.53 Å². The minimum atomic E-state index is -0.376. The molecule has 0 unspecified atom stereocenters. The number of ether oxygens (including phenoxy) is 1. The molecule has 11 heteroatoms. The van der Waals surface area contributed by atoms with Crippen LogP contribution >= 0.6 is 36.2 Å². The Morgan fingerprint density at radius 3 is 2.67 bits per heavy atom. The molecule has 176 valence electrons. The summed E-state index contributed by atoms with van der Waals surface area (Å²) in [7, 11) is 1.67. The second-order valence-electron chi connectivity index (χ2n) is 8.48. The lowest BCUT2D eigenvalue weighted by Gasteiger charge is -2.19. The van der Waals surface area contributed by atoms with Crippen LogP contribution in [-0.2, 0) is 0 Å². The Hall–Kier alpha value is -2.59. The average Bonchev–Trinajstić information content (AvgIpc) is 3.41. The Morgan fingerprint density at radius 2 is 2.00 bits per heavy atom. The molecule has 1 amide bonds. The molecule has 0 aliphatic carbocycles. The molecule has 0 spiro atoms. The molecule has 4 heterocycles. The molecule has 0 saturated carbocycles. The first kappa shape index (κ1) is 25.0. The minimum Gasteiger partial charge on any atom is -0.495 e. The number of aromatic nitrogens is 3. The standard InChI is InChI=1S/C22H24N6O2S.2ClH/c1-12-6-13-8-17(31-19(13)16(7-12)30-3)14-9-15(28-18(14)20(23)25-11-26-28)21(29)27-5-4-22(2,24)10-27;;/h6-9,11H,4-5,10,24H2,1-3H3,(H2,23,25,26);2*1H/t22-;;/m0../s1. The maximum atomic E-state index is 13.4. The van der Waals surface area contributed by atoms with Gasteiger partial charge in [0.05, 0.1) is 11.8 Å². The second-order valence-corrected chi connectivity index (χ2v) is 9.53. The van der Waals surface area contributed by atoms with Crippen molar-refractivity contribution in [2.45, 2.75) is 25.8 Å². The molecule has 1 atom stereocenters. The number of carbonyl (C=O) groups is 1. The molecule has 1 aliphatic rings. The Bertz CT molecular complexity index is 1350. The van der Waals surface area contributed by atoms with Crippen molar-refractivity contribution in [2.24, 2.45) is 5.73 Å². The van der Waals surface area contributed by atoms with E-state index in [1.807, 2.05) is 26.0 Å². The average molecular weight is 509 g/mol.